The molecule has 0 amide bonds. The standard InChI is InChI=1S/C16H21N3/c1-11-7-9-19(10-12(11)2)15-6-5-14(17)13-4-3-8-18-16(13)15/h3-6,8,11-12H,7,9-10,17H2,1-2H3. The van der Waals surface area contributed by atoms with Crippen LogP contribution in [0.15, 0.2) is 30.5 Å². The lowest BCUT2D eigenvalue weighted by Gasteiger charge is -2.37. The molecule has 100 valence electrons. The van der Waals surface area contributed by atoms with E-state index in [4.69, 9.17) is 5.73 Å². The largest absolute Gasteiger partial charge is 0.398 e. The number of pyridine rings is 1. The zero-order valence-corrected chi connectivity index (χ0v) is 11.6. The molecule has 2 N–H and O–H groups in total. The number of hydrogen-bond donors (Lipinski definition) is 1. The Bertz CT molecular complexity index is 594. The molecule has 1 saturated heterocycles. The molecule has 1 aliphatic rings. The summed E-state index contributed by atoms with van der Waals surface area (Å²) < 4.78 is 0. The summed E-state index contributed by atoms with van der Waals surface area (Å²) in [4.78, 5) is 7.00. The number of fused-ring (bicyclic) bond motifs is 1. The van der Waals surface area contributed by atoms with Crippen LogP contribution in [-0.2, 0) is 0 Å². The predicted molar refractivity (Wildman–Crippen MR) is 81.3 cm³/mol. The number of piperidine rings is 1. The summed E-state index contributed by atoms with van der Waals surface area (Å²) in [6.45, 7) is 6.91. The Kier molecular flexibility index (Phi) is 3.05. The normalized spacial score (nSPS) is 23.8. The summed E-state index contributed by atoms with van der Waals surface area (Å²) in [7, 11) is 0. The maximum absolute atomic E-state index is 6.05. The van der Waals surface area contributed by atoms with Crippen molar-refractivity contribution >= 4 is 22.3 Å². The molecule has 3 nitrogen and oxygen atoms in total. The monoisotopic (exact) mass is 255 g/mol. The van der Waals surface area contributed by atoms with Crippen LogP contribution < -0.4 is 10.6 Å². The number of nitrogen functional groups attached to an aromatic ring is 1. The van der Waals surface area contributed by atoms with Gasteiger partial charge in [0.15, 0.2) is 0 Å². The van der Waals surface area contributed by atoms with Crippen molar-refractivity contribution in [2.75, 3.05) is 23.7 Å². The highest BCUT2D eigenvalue weighted by molar-refractivity contribution is 5.98. The molecule has 2 unspecified atom stereocenters. The molecule has 1 aromatic carbocycles. The molecule has 0 spiro atoms. The Morgan fingerprint density at radius 3 is 2.84 bits per heavy atom. The van der Waals surface area contributed by atoms with Crippen LogP contribution in [-0.4, -0.2) is 18.1 Å². The quantitative estimate of drug-likeness (QED) is 0.795. The highest BCUT2D eigenvalue weighted by Gasteiger charge is 2.24. The topological polar surface area (TPSA) is 42.1 Å². The highest BCUT2D eigenvalue weighted by Crippen LogP contribution is 2.33. The second kappa shape index (κ2) is 4.72. The number of rotatable bonds is 1. The van der Waals surface area contributed by atoms with E-state index in [9.17, 15) is 0 Å². The summed E-state index contributed by atoms with van der Waals surface area (Å²) in [6, 6.07) is 8.12. The van der Waals surface area contributed by atoms with Crippen LogP contribution in [0.3, 0.4) is 0 Å². The summed E-state index contributed by atoms with van der Waals surface area (Å²) >= 11 is 0. The number of nitrogens with two attached hydrogens (primary N) is 1. The molecule has 1 aliphatic heterocycles. The second-order valence-corrected chi connectivity index (χ2v) is 5.76. The fraction of sp³-hybridized carbons (Fsp3) is 0.438. The first-order valence-corrected chi connectivity index (χ1v) is 7.05. The van der Waals surface area contributed by atoms with Crippen LogP contribution in [0.2, 0.25) is 0 Å². The Morgan fingerprint density at radius 1 is 1.21 bits per heavy atom. The van der Waals surface area contributed by atoms with Crippen molar-refractivity contribution in [1.29, 1.82) is 0 Å². The van der Waals surface area contributed by atoms with Crippen molar-refractivity contribution in [3.05, 3.63) is 30.5 Å². The number of nitrogens with zero attached hydrogens (tertiary/aromatic N) is 2. The van der Waals surface area contributed by atoms with E-state index in [0.717, 1.165) is 41.5 Å². The SMILES string of the molecule is CC1CCN(c2ccc(N)c3cccnc23)CC1C. The van der Waals surface area contributed by atoms with E-state index in [1.165, 1.54) is 12.1 Å². The molecule has 2 atom stereocenters. The third kappa shape index (κ3) is 2.14. The zero-order chi connectivity index (χ0) is 13.4. The number of aromatic nitrogens is 1. The lowest BCUT2D eigenvalue weighted by atomic mass is 9.88. The van der Waals surface area contributed by atoms with Crippen LogP contribution in [0.25, 0.3) is 10.9 Å². The molecule has 0 aliphatic carbocycles. The van der Waals surface area contributed by atoms with Crippen molar-refractivity contribution in [3.8, 4) is 0 Å². The van der Waals surface area contributed by atoms with Gasteiger partial charge in [-0.1, -0.05) is 13.8 Å². The average molecular weight is 255 g/mol. The summed E-state index contributed by atoms with van der Waals surface area (Å²) in [5, 5.41) is 1.06. The van der Waals surface area contributed by atoms with E-state index in [1.807, 2.05) is 18.3 Å². The fourth-order valence-electron chi connectivity index (χ4n) is 2.92. The van der Waals surface area contributed by atoms with Crippen molar-refractivity contribution in [2.45, 2.75) is 20.3 Å². The summed E-state index contributed by atoms with van der Waals surface area (Å²) in [5.74, 6) is 1.54. The Labute approximate surface area is 114 Å². The van der Waals surface area contributed by atoms with Crippen LogP contribution in [0.5, 0.6) is 0 Å². The van der Waals surface area contributed by atoms with Gasteiger partial charge in [-0.3, -0.25) is 4.98 Å². The van der Waals surface area contributed by atoms with Crippen molar-refractivity contribution in [3.63, 3.8) is 0 Å². The average Bonchev–Trinajstić information content (AvgIpc) is 2.43. The van der Waals surface area contributed by atoms with Gasteiger partial charge in [-0.15, -0.1) is 0 Å². The predicted octanol–water partition coefficient (Wildman–Crippen LogP) is 3.30. The molecule has 2 aromatic rings. The van der Waals surface area contributed by atoms with E-state index in [-0.39, 0.29) is 0 Å². The summed E-state index contributed by atoms with van der Waals surface area (Å²) in [6.07, 6.45) is 3.10. The van der Waals surface area contributed by atoms with Crippen LogP contribution in [0.1, 0.15) is 20.3 Å². The fourth-order valence-corrected chi connectivity index (χ4v) is 2.92. The van der Waals surface area contributed by atoms with Crippen molar-refractivity contribution in [1.82, 2.24) is 4.98 Å². The molecule has 0 bridgehead atoms. The lowest BCUT2D eigenvalue weighted by molar-refractivity contribution is 0.324. The van der Waals surface area contributed by atoms with Gasteiger partial charge in [-0.2, -0.15) is 0 Å². The first kappa shape index (κ1) is 12.3. The molecule has 3 heteroatoms. The minimum atomic E-state index is 0.727. The maximum Gasteiger partial charge on any atom is 0.0955 e. The maximum atomic E-state index is 6.05. The minimum absolute atomic E-state index is 0.727. The Balaban J connectivity index is 2.04. The van der Waals surface area contributed by atoms with Gasteiger partial charge in [0, 0.05) is 30.4 Å². The third-order valence-electron chi connectivity index (χ3n) is 4.46. The number of anilines is 2. The van der Waals surface area contributed by atoms with Gasteiger partial charge in [-0.25, -0.2) is 0 Å². The number of benzene rings is 1. The van der Waals surface area contributed by atoms with Gasteiger partial charge in [0.2, 0.25) is 0 Å². The molecule has 19 heavy (non-hydrogen) atoms. The molecule has 1 aromatic heterocycles. The van der Waals surface area contributed by atoms with Crippen molar-refractivity contribution < 1.29 is 0 Å². The van der Waals surface area contributed by atoms with Gasteiger partial charge < -0.3 is 10.6 Å². The minimum Gasteiger partial charge on any atom is -0.398 e. The van der Waals surface area contributed by atoms with E-state index in [0.29, 0.717) is 0 Å². The molecule has 2 heterocycles. The van der Waals surface area contributed by atoms with Crippen LogP contribution in [0.4, 0.5) is 11.4 Å². The Hall–Kier alpha value is -1.77. The summed E-state index contributed by atoms with van der Waals surface area (Å²) in [5.41, 5.74) is 9.11. The zero-order valence-electron chi connectivity index (χ0n) is 11.6. The van der Waals surface area contributed by atoms with E-state index < -0.39 is 0 Å². The van der Waals surface area contributed by atoms with Gasteiger partial charge in [0.1, 0.15) is 0 Å². The number of hydrogen-bond acceptors (Lipinski definition) is 3. The highest BCUT2D eigenvalue weighted by atomic mass is 15.1. The molecular formula is C16H21N3. The molecule has 0 radical (unpaired) electrons. The molecule has 3 rings (SSSR count). The first-order chi connectivity index (χ1) is 9.16. The van der Waals surface area contributed by atoms with E-state index in [1.54, 1.807) is 0 Å². The molecule has 1 fully saturated rings. The van der Waals surface area contributed by atoms with Gasteiger partial charge in [0.05, 0.1) is 11.2 Å². The van der Waals surface area contributed by atoms with Crippen molar-refractivity contribution in [2.24, 2.45) is 11.8 Å². The first-order valence-electron chi connectivity index (χ1n) is 7.05. The lowest BCUT2D eigenvalue weighted by Crippen LogP contribution is -2.38. The molecule has 0 saturated carbocycles. The molecular weight excluding hydrogens is 234 g/mol. The Morgan fingerprint density at radius 2 is 2.05 bits per heavy atom. The smallest absolute Gasteiger partial charge is 0.0955 e. The third-order valence-corrected chi connectivity index (χ3v) is 4.46. The van der Waals surface area contributed by atoms with Crippen LogP contribution in [0, 0.1) is 11.8 Å². The second-order valence-electron chi connectivity index (χ2n) is 5.76. The van der Waals surface area contributed by atoms with E-state index >= 15 is 0 Å². The van der Waals surface area contributed by atoms with Gasteiger partial charge in [-0.05, 0) is 42.5 Å². The van der Waals surface area contributed by atoms with E-state index in [2.05, 4.69) is 35.9 Å². The van der Waals surface area contributed by atoms with Crippen LogP contribution >= 0.6 is 0 Å². The van der Waals surface area contributed by atoms with Gasteiger partial charge in [0.25, 0.3) is 0 Å². The van der Waals surface area contributed by atoms with Gasteiger partial charge >= 0.3 is 0 Å².